The number of anilines is 2. The normalized spacial score (nSPS) is 17.1. The van der Waals surface area contributed by atoms with Crippen LogP contribution in [0.25, 0.3) is 0 Å². The van der Waals surface area contributed by atoms with Crippen LogP contribution in [-0.2, 0) is 10.0 Å². The van der Waals surface area contributed by atoms with Crippen molar-refractivity contribution in [2.24, 2.45) is 0 Å². The summed E-state index contributed by atoms with van der Waals surface area (Å²) in [6.07, 6.45) is 0. The highest BCUT2D eigenvalue weighted by Crippen LogP contribution is 2.14. The number of aromatic nitrogens is 2. The number of rotatable bonds is 5. The fraction of sp³-hybridized carbons (Fsp3) is 0.600. The van der Waals surface area contributed by atoms with Gasteiger partial charge in [-0.3, -0.25) is 0 Å². The van der Waals surface area contributed by atoms with E-state index in [2.05, 4.69) is 15.3 Å². The molecule has 0 spiro atoms. The summed E-state index contributed by atoms with van der Waals surface area (Å²) < 4.78 is 25.7. The number of halogens is 1. The summed E-state index contributed by atoms with van der Waals surface area (Å²) >= 11 is 7.51. The Kier molecular flexibility index (Phi) is 5.30. The minimum Gasteiger partial charge on any atom is -0.369 e. The van der Waals surface area contributed by atoms with Crippen LogP contribution in [0.5, 0.6) is 0 Å². The third-order valence-electron chi connectivity index (χ3n) is 2.74. The average Bonchev–Trinajstić information content (AvgIpc) is 2.38. The van der Waals surface area contributed by atoms with Gasteiger partial charge in [0.2, 0.25) is 16.0 Å². The van der Waals surface area contributed by atoms with E-state index in [0.717, 1.165) is 11.5 Å². The molecular formula is C10H16ClN5O2S2. The highest BCUT2D eigenvalue weighted by atomic mass is 35.5. The fourth-order valence-corrected chi connectivity index (χ4v) is 4.47. The monoisotopic (exact) mass is 337 g/mol. The standard InChI is InChI=1S/C10H16ClN5O2S2/c11-8-7-9(15-10(12)14-8)13-1-6-20(17,18)16-2-4-19-5-3-16/h7H,1-6H2,(H3,12,13,14,15). The molecule has 1 fully saturated rings. The maximum absolute atomic E-state index is 12.1. The van der Waals surface area contributed by atoms with Crippen LogP contribution < -0.4 is 11.1 Å². The number of sulfonamides is 1. The lowest BCUT2D eigenvalue weighted by atomic mass is 10.5. The van der Waals surface area contributed by atoms with Crippen LogP contribution in [0.1, 0.15) is 0 Å². The second kappa shape index (κ2) is 6.79. The van der Waals surface area contributed by atoms with Gasteiger partial charge in [-0.1, -0.05) is 11.6 Å². The maximum Gasteiger partial charge on any atom is 0.223 e. The van der Waals surface area contributed by atoms with Gasteiger partial charge in [-0.2, -0.15) is 16.7 Å². The summed E-state index contributed by atoms with van der Waals surface area (Å²) in [5.74, 6) is 2.19. The van der Waals surface area contributed by atoms with Crippen molar-refractivity contribution < 1.29 is 8.42 Å². The van der Waals surface area contributed by atoms with E-state index in [-0.39, 0.29) is 23.4 Å². The van der Waals surface area contributed by atoms with Crippen molar-refractivity contribution in [3.8, 4) is 0 Å². The zero-order valence-corrected chi connectivity index (χ0v) is 13.1. The van der Waals surface area contributed by atoms with E-state index in [1.165, 1.54) is 10.4 Å². The number of thioether (sulfide) groups is 1. The Morgan fingerprint density at radius 3 is 2.75 bits per heavy atom. The Morgan fingerprint density at radius 2 is 2.10 bits per heavy atom. The topological polar surface area (TPSA) is 101 Å². The van der Waals surface area contributed by atoms with Crippen molar-refractivity contribution in [2.45, 2.75) is 0 Å². The lowest BCUT2D eigenvalue weighted by Gasteiger charge is -2.25. The van der Waals surface area contributed by atoms with Crippen molar-refractivity contribution >= 4 is 45.2 Å². The highest BCUT2D eigenvalue weighted by Gasteiger charge is 2.23. The molecule has 0 unspecified atom stereocenters. The zero-order valence-electron chi connectivity index (χ0n) is 10.7. The summed E-state index contributed by atoms with van der Waals surface area (Å²) in [5, 5.41) is 3.11. The molecule has 7 nitrogen and oxygen atoms in total. The number of hydrogen-bond donors (Lipinski definition) is 2. The van der Waals surface area contributed by atoms with Gasteiger partial charge in [0, 0.05) is 37.2 Å². The van der Waals surface area contributed by atoms with Gasteiger partial charge in [0.15, 0.2) is 0 Å². The maximum atomic E-state index is 12.1. The first-order valence-electron chi connectivity index (χ1n) is 6.07. The highest BCUT2D eigenvalue weighted by molar-refractivity contribution is 7.99. The molecule has 0 saturated carbocycles. The molecule has 0 aromatic carbocycles. The van der Waals surface area contributed by atoms with Crippen molar-refractivity contribution in [3.63, 3.8) is 0 Å². The van der Waals surface area contributed by atoms with Gasteiger partial charge in [0.25, 0.3) is 0 Å². The van der Waals surface area contributed by atoms with E-state index in [1.807, 2.05) is 0 Å². The van der Waals surface area contributed by atoms with Crippen LogP contribution in [-0.4, -0.2) is 59.6 Å². The van der Waals surface area contributed by atoms with Crippen molar-refractivity contribution in [2.75, 3.05) is 47.9 Å². The average molecular weight is 338 g/mol. The van der Waals surface area contributed by atoms with Crippen LogP contribution in [0, 0.1) is 0 Å². The Bertz CT molecular complexity index is 543. The quantitative estimate of drug-likeness (QED) is 0.754. The molecule has 0 amide bonds. The second-order valence-electron chi connectivity index (χ2n) is 4.19. The number of hydrogen-bond acceptors (Lipinski definition) is 7. The molecular weight excluding hydrogens is 322 g/mol. The van der Waals surface area contributed by atoms with Gasteiger partial charge < -0.3 is 11.1 Å². The Labute approximate surface area is 127 Å². The van der Waals surface area contributed by atoms with Gasteiger partial charge in [-0.25, -0.2) is 17.7 Å². The molecule has 0 radical (unpaired) electrons. The van der Waals surface area contributed by atoms with Crippen molar-refractivity contribution in [1.29, 1.82) is 0 Å². The van der Waals surface area contributed by atoms with Crippen LogP contribution in [0.2, 0.25) is 5.15 Å². The van der Waals surface area contributed by atoms with E-state index in [1.54, 1.807) is 11.8 Å². The van der Waals surface area contributed by atoms with E-state index in [9.17, 15) is 8.42 Å². The smallest absolute Gasteiger partial charge is 0.223 e. The largest absolute Gasteiger partial charge is 0.369 e. The lowest BCUT2D eigenvalue weighted by molar-refractivity contribution is 0.444. The Hall–Kier alpha value is -0.770. The lowest BCUT2D eigenvalue weighted by Crippen LogP contribution is -2.40. The fourth-order valence-electron chi connectivity index (χ4n) is 1.79. The third kappa shape index (κ3) is 4.37. The molecule has 1 aromatic heterocycles. The summed E-state index contributed by atoms with van der Waals surface area (Å²) in [4.78, 5) is 7.65. The number of nitrogens with zero attached hydrogens (tertiary/aromatic N) is 3. The molecule has 1 aromatic rings. The molecule has 3 N–H and O–H groups in total. The van der Waals surface area contributed by atoms with E-state index in [4.69, 9.17) is 17.3 Å². The predicted molar refractivity (Wildman–Crippen MR) is 82.6 cm³/mol. The summed E-state index contributed by atoms with van der Waals surface area (Å²) in [7, 11) is -3.22. The molecule has 112 valence electrons. The molecule has 10 heteroatoms. The van der Waals surface area contributed by atoms with Crippen LogP contribution in [0.4, 0.5) is 11.8 Å². The molecule has 1 saturated heterocycles. The van der Waals surface area contributed by atoms with Crippen molar-refractivity contribution in [3.05, 3.63) is 11.2 Å². The van der Waals surface area contributed by atoms with E-state index < -0.39 is 10.0 Å². The molecule has 0 atom stereocenters. The van der Waals surface area contributed by atoms with E-state index in [0.29, 0.717) is 18.9 Å². The first-order valence-corrected chi connectivity index (χ1v) is 9.21. The van der Waals surface area contributed by atoms with E-state index >= 15 is 0 Å². The molecule has 0 aliphatic carbocycles. The van der Waals surface area contributed by atoms with Crippen molar-refractivity contribution in [1.82, 2.24) is 14.3 Å². The molecule has 0 bridgehead atoms. The number of nitrogens with one attached hydrogen (secondary N) is 1. The van der Waals surface area contributed by atoms with Gasteiger partial charge in [-0.15, -0.1) is 0 Å². The Balaban J connectivity index is 1.88. The third-order valence-corrected chi connectivity index (χ3v) is 5.75. The number of nitrogen functional groups attached to an aromatic ring is 1. The number of nitrogens with two attached hydrogens (primary N) is 1. The SMILES string of the molecule is Nc1nc(Cl)cc(NCCS(=O)(=O)N2CCSCC2)n1. The Morgan fingerprint density at radius 1 is 1.40 bits per heavy atom. The summed E-state index contributed by atoms with van der Waals surface area (Å²) in [6, 6.07) is 1.50. The van der Waals surface area contributed by atoms with Gasteiger partial charge >= 0.3 is 0 Å². The van der Waals surface area contributed by atoms with Gasteiger partial charge in [-0.05, 0) is 0 Å². The first-order chi connectivity index (χ1) is 9.47. The minimum atomic E-state index is -3.22. The van der Waals surface area contributed by atoms with Gasteiger partial charge in [0.1, 0.15) is 11.0 Å². The molecule has 20 heavy (non-hydrogen) atoms. The minimum absolute atomic E-state index is 0.0131. The second-order valence-corrected chi connectivity index (χ2v) is 7.89. The molecule has 1 aliphatic heterocycles. The summed E-state index contributed by atoms with van der Waals surface area (Å²) in [5.41, 5.74) is 5.46. The zero-order chi connectivity index (χ0) is 14.6. The molecule has 1 aliphatic rings. The predicted octanol–water partition coefficient (Wildman–Crippen LogP) is 0.503. The molecule has 2 rings (SSSR count). The van der Waals surface area contributed by atoms with Crippen LogP contribution >= 0.6 is 23.4 Å². The molecule has 2 heterocycles. The first kappa shape index (κ1) is 15.6. The van der Waals surface area contributed by atoms with Gasteiger partial charge in [0.05, 0.1) is 5.75 Å². The van der Waals surface area contributed by atoms with Crippen LogP contribution in [0.15, 0.2) is 6.07 Å². The summed E-state index contributed by atoms with van der Waals surface area (Å²) in [6.45, 7) is 1.41. The van der Waals surface area contributed by atoms with Crippen LogP contribution in [0.3, 0.4) is 0 Å².